The Morgan fingerprint density at radius 1 is 1.29 bits per heavy atom. The number of anilines is 2. The van der Waals surface area contributed by atoms with Crippen molar-refractivity contribution in [2.75, 3.05) is 17.7 Å². The lowest BCUT2D eigenvalue weighted by Crippen LogP contribution is -2.41. The molecule has 0 spiro atoms. The highest BCUT2D eigenvalue weighted by atomic mass is 16.5. The number of hydrogen-bond donors (Lipinski definition) is 3. The van der Waals surface area contributed by atoms with Crippen molar-refractivity contribution < 1.29 is 14.3 Å². The van der Waals surface area contributed by atoms with Gasteiger partial charge >= 0.3 is 5.97 Å². The fraction of sp³-hybridized carbons (Fsp3) is 0.467. The first-order chi connectivity index (χ1) is 9.85. The molecule has 6 nitrogen and oxygen atoms in total. The number of nitrogens with one attached hydrogen (secondary N) is 2. The quantitative estimate of drug-likeness (QED) is 0.549. The Balaban J connectivity index is 2.77. The lowest BCUT2D eigenvalue weighted by atomic mass is 10.1. The Bertz CT molecular complexity index is 515. The molecule has 0 radical (unpaired) electrons. The van der Waals surface area contributed by atoms with Crippen molar-refractivity contribution >= 4 is 23.3 Å². The minimum Gasteiger partial charge on any atom is -0.462 e. The topological polar surface area (TPSA) is 93.4 Å². The van der Waals surface area contributed by atoms with E-state index >= 15 is 0 Å². The summed E-state index contributed by atoms with van der Waals surface area (Å²) >= 11 is 0. The van der Waals surface area contributed by atoms with E-state index in [0.717, 1.165) is 0 Å². The fourth-order valence-corrected chi connectivity index (χ4v) is 1.74. The molecule has 0 aliphatic heterocycles. The van der Waals surface area contributed by atoms with Gasteiger partial charge in [0.1, 0.15) is 6.04 Å². The summed E-state index contributed by atoms with van der Waals surface area (Å²) in [6.07, 6.45) is 0. The van der Waals surface area contributed by atoms with Crippen LogP contribution in [0.3, 0.4) is 0 Å². The van der Waals surface area contributed by atoms with Crippen molar-refractivity contribution in [3.8, 4) is 0 Å². The number of carbonyl (C=O) groups is 2. The van der Waals surface area contributed by atoms with Gasteiger partial charge in [0.05, 0.1) is 23.5 Å². The zero-order chi connectivity index (χ0) is 16.0. The van der Waals surface area contributed by atoms with E-state index in [4.69, 9.17) is 10.5 Å². The molecular weight excluding hydrogens is 270 g/mol. The zero-order valence-corrected chi connectivity index (χ0v) is 12.9. The van der Waals surface area contributed by atoms with Crippen LogP contribution in [0.5, 0.6) is 0 Å². The summed E-state index contributed by atoms with van der Waals surface area (Å²) in [6, 6.07) is 4.46. The van der Waals surface area contributed by atoms with Crippen LogP contribution in [0, 0.1) is 0 Å². The summed E-state index contributed by atoms with van der Waals surface area (Å²) in [5.74, 6) is -0.528. The number of amides is 1. The predicted molar refractivity (Wildman–Crippen MR) is 83.2 cm³/mol. The van der Waals surface area contributed by atoms with E-state index in [0.29, 0.717) is 23.5 Å². The van der Waals surface area contributed by atoms with Crippen LogP contribution in [0.15, 0.2) is 18.2 Å². The highest BCUT2D eigenvalue weighted by Crippen LogP contribution is 2.21. The Morgan fingerprint density at radius 3 is 2.48 bits per heavy atom. The van der Waals surface area contributed by atoms with Crippen molar-refractivity contribution in [3.63, 3.8) is 0 Å². The molecule has 116 valence electrons. The van der Waals surface area contributed by atoms with Gasteiger partial charge in [-0.2, -0.15) is 0 Å². The Morgan fingerprint density at radius 2 is 1.95 bits per heavy atom. The molecule has 1 atom stereocenters. The van der Waals surface area contributed by atoms with Crippen molar-refractivity contribution in [1.29, 1.82) is 0 Å². The maximum Gasteiger partial charge on any atom is 0.338 e. The summed E-state index contributed by atoms with van der Waals surface area (Å²) in [7, 11) is 0. The van der Waals surface area contributed by atoms with Gasteiger partial charge in [-0.15, -0.1) is 0 Å². The summed E-state index contributed by atoms with van der Waals surface area (Å²) < 4.78 is 4.91. The van der Waals surface area contributed by atoms with Crippen LogP contribution in [0.25, 0.3) is 0 Å². The average molecular weight is 293 g/mol. The minimum absolute atomic E-state index is 0.0743. The fourth-order valence-electron chi connectivity index (χ4n) is 1.74. The standard InChI is InChI=1S/C15H23N3O3/c1-5-21-15(20)11-6-7-13(12(16)8-11)18-10(4)14(19)17-9(2)3/h6-10,18H,5,16H2,1-4H3,(H,17,19). The molecule has 0 aliphatic rings. The van der Waals surface area contributed by atoms with E-state index in [1.54, 1.807) is 26.0 Å². The summed E-state index contributed by atoms with van der Waals surface area (Å²) in [5, 5.41) is 5.84. The van der Waals surface area contributed by atoms with Gasteiger partial charge < -0.3 is 21.1 Å². The minimum atomic E-state index is -0.428. The van der Waals surface area contributed by atoms with Crippen LogP contribution in [0.1, 0.15) is 38.1 Å². The number of hydrogen-bond acceptors (Lipinski definition) is 5. The van der Waals surface area contributed by atoms with Crippen LogP contribution in [0.2, 0.25) is 0 Å². The van der Waals surface area contributed by atoms with Gasteiger partial charge in [0, 0.05) is 6.04 Å². The third kappa shape index (κ3) is 4.98. The van der Waals surface area contributed by atoms with Gasteiger partial charge in [0.2, 0.25) is 5.91 Å². The molecule has 0 aromatic heterocycles. The van der Waals surface area contributed by atoms with Crippen molar-refractivity contribution in [2.45, 2.75) is 39.8 Å². The largest absolute Gasteiger partial charge is 0.462 e. The first-order valence-electron chi connectivity index (χ1n) is 6.98. The number of benzene rings is 1. The van der Waals surface area contributed by atoms with Gasteiger partial charge in [0.15, 0.2) is 0 Å². The van der Waals surface area contributed by atoms with Gasteiger partial charge in [-0.1, -0.05) is 0 Å². The van der Waals surface area contributed by atoms with Crippen LogP contribution in [0.4, 0.5) is 11.4 Å². The maximum atomic E-state index is 11.8. The van der Waals surface area contributed by atoms with Gasteiger partial charge in [0.25, 0.3) is 0 Å². The van der Waals surface area contributed by atoms with E-state index in [2.05, 4.69) is 10.6 Å². The second-order valence-corrected chi connectivity index (χ2v) is 5.05. The zero-order valence-electron chi connectivity index (χ0n) is 12.9. The molecule has 6 heteroatoms. The number of nitrogens with two attached hydrogens (primary N) is 1. The monoisotopic (exact) mass is 293 g/mol. The second-order valence-electron chi connectivity index (χ2n) is 5.05. The second kappa shape index (κ2) is 7.52. The summed E-state index contributed by atoms with van der Waals surface area (Å²) in [4.78, 5) is 23.4. The molecule has 1 aromatic carbocycles. The van der Waals surface area contributed by atoms with E-state index in [1.807, 2.05) is 13.8 Å². The number of nitrogen functional groups attached to an aromatic ring is 1. The van der Waals surface area contributed by atoms with Gasteiger partial charge in [-0.3, -0.25) is 4.79 Å². The van der Waals surface area contributed by atoms with Crippen LogP contribution in [-0.2, 0) is 9.53 Å². The Kier molecular flexibility index (Phi) is 6.02. The van der Waals surface area contributed by atoms with E-state index in [9.17, 15) is 9.59 Å². The molecular formula is C15H23N3O3. The maximum absolute atomic E-state index is 11.8. The molecule has 0 fully saturated rings. The van der Waals surface area contributed by atoms with Crippen molar-refractivity contribution in [1.82, 2.24) is 5.32 Å². The number of rotatable bonds is 6. The highest BCUT2D eigenvalue weighted by Gasteiger charge is 2.15. The molecule has 0 aliphatic carbocycles. The SMILES string of the molecule is CCOC(=O)c1ccc(NC(C)C(=O)NC(C)C)c(N)c1. The molecule has 4 N–H and O–H groups in total. The molecule has 0 saturated heterocycles. The van der Waals surface area contributed by atoms with Crippen LogP contribution < -0.4 is 16.4 Å². The predicted octanol–water partition coefficient (Wildman–Crippen LogP) is 1.77. The number of esters is 1. The number of ether oxygens (including phenoxy) is 1. The van der Waals surface area contributed by atoms with Crippen molar-refractivity contribution in [2.24, 2.45) is 0 Å². The normalized spacial score (nSPS) is 11.9. The van der Waals surface area contributed by atoms with E-state index in [-0.39, 0.29) is 11.9 Å². The lowest BCUT2D eigenvalue weighted by molar-refractivity contribution is -0.122. The Hall–Kier alpha value is -2.24. The van der Waals surface area contributed by atoms with E-state index in [1.165, 1.54) is 6.07 Å². The van der Waals surface area contributed by atoms with Crippen LogP contribution >= 0.6 is 0 Å². The molecule has 1 amide bonds. The average Bonchev–Trinajstić information content (AvgIpc) is 2.40. The third-order valence-corrected chi connectivity index (χ3v) is 2.76. The molecule has 1 unspecified atom stereocenters. The molecule has 0 bridgehead atoms. The summed E-state index contributed by atoms with van der Waals surface area (Å²) in [5.41, 5.74) is 7.29. The molecule has 21 heavy (non-hydrogen) atoms. The van der Waals surface area contributed by atoms with Crippen molar-refractivity contribution in [3.05, 3.63) is 23.8 Å². The molecule has 1 aromatic rings. The first kappa shape index (κ1) is 16.8. The highest BCUT2D eigenvalue weighted by molar-refractivity contribution is 5.92. The molecule has 1 rings (SSSR count). The lowest BCUT2D eigenvalue weighted by Gasteiger charge is -2.18. The van der Waals surface area contributed by atoms with Gasteiger partial charge in [-0.05, 0) is 45.9 Å². The van der Waals surface area contributed by atoms with Gasteiger partial charge in [-0.25, -0.2) is 4.79 Å². The first-order valence-corrected chi connectivity index (χ1v) is 6.98. The van der Waals surface area contributed by atoms with Crippen LogP contribution in [-0.4, -0.2) is 30.6 Å². The molecule has 0 heterocycles. The smallest absolute Gasteiger partial charge is 0.338 e. The Labute approximate surface area is 125 Å². The summed E-state index contributed by atoms with van der Waals surface area (Å²) in [6.45, 7) is 7.59. The molecule has 0 saturated carbocycles. The third-order valence-electron chi connectivity index (χ3n) is 2.76. The van der Waals surface area contributed by atoms with E-state index < -0.39 is 12.0 Å². The number of carbonyl (C=O) groups excluding carboxylic acids is 2.